The van der Waals surface area contributed by atoms with Gasteiger partial charge in [0.2, 0.25) is 0 Å². The zero-order chi connectivity index (χ0) is 18.5. The van der Waals surface area contributed by atoms with Crippen LogP contribution in [0.2, 0.25) is 0 Å². The van der Waals surface area contributed by atoms with E-state index < -0.39 is 11.9 Å². The van der Waals surface area contributed by atoms with Crippen LogP contribution in [-0.4, -0.2) is 29.3 Å². The maximum atomic E-state index is 9.13. The average molecular weight is 354 g/mol. The third-order valence-electron chi connectivity index (χ3n) is 2.81. The smallest absolute Gasteiger partial charge is 0.857 e. The number of carbonyl (C=O) groups is 2. The largest absolute Gasteiger partial charge is 2.00 e. The zero-order valence-electron chi connectivity index (χ0n) is 14.3. The summed E-state index contributed by atoms with van der Waals surface area (Å²) < 4.78 is 0. The van der Waals surface area contributed by atoms with Gasteiger partial charge in [0.05, 0.1) is 0 Å². The van der Waals surface area contributed by atoms with Crippen LogP contribution in [0, 0.1) is 36.2 Å². The maximum absolute atomic E-state index is 9.13. The van der Waals surface area contributed by atoms with Crippen molar-refractivity contribution < 1.29 is 46.6 Å². The summed E-state index contributed by atoms with van der Waals surface area (Å²) in [7, 11) is 0.750. The summed E-state index contributed by atoms with van der Waals surface area (Å²) in [6.45, 7) is 10.9. The molecular formula is C17H22O5Ti. The summed E-state index contributed by atoms with van der Waals surface area (Å²) in [5.41, 5.74) is 4.39. The first-order valence-corrected chi connectivity index (χ1v) is 6.09. The molecule has 0 unspecified atom stereocenters. The molecule has 0 aromatic carbocycles. The van der Waals surface area contributed by atoms with E-state index in [0.717, 1.165) is 7.11 Å². The molecule has 1 aliphatic rings. The molecule has 5 nitrogen and oxygen atoms in total. The predicted molar refractivity (Wildman–Crippen MR) is 83.4 cm³/mol. The Hall–Kier alpha value is -1.79. The van der Waals surface area contributed by atoms with Crippen molar-refractivity contribution in [3.63, 3.8) is 0 Å². The third kappa shape index (κ3) is 14.9. The molecule has 0 saturated heterocycles. The molecule has 0 aliphatic heterocycles. The van der Waals surface area contributed by atoms with Gasteiger partial charge in [0.1, 0.15) is 0 Å². The van der Waals surface area contributed by atoms with Crippen molar-refractivity contribution in [2.45, 2.75) is 34.6 Å². The Labute approximate surface area is 153 Å². The van der Waals surface area contributed by atoms with Crippen molar-refractivity contribution in [1.29, 1.82) is 0 Å². The van der Waals surface area contributed by atoms with Gasteiger partial charge in [0, 0.05) is 11.8 Å². The Balaban J connectivity index is -0.000000120. The van der Waals surface area contributed by atoms with Crippen LogP contribution < -0.4 is 5.11 Å². The van der Waals surface area contributed by atoms with Crippen LogP contribution in [0.25, 0.3) is 0 Å². The van der Waals surface area contributed by atoms with Gasteiger partial charge in [-0.1, -0.05) is 33.1 Å². The molecule has 0 fully saturated rings. The maximum Gasteiger partial charge on any atom is 2.00 e. The van der Waals surface area contributed by atoms with E-state index >= 15 is 0 Å². The second-order valence-corrected chi connectivity index (χ2v) is 4.52. The molecule has 0 heterocycles. The standard InChI is InChI=1S/C10H15.2C3H2O2.CH3O.Ti/c1-7-6-10(4,5)9(3)8(7)2;2*1-2-3(4)5;1-2;/h1-5H3;2*1H,(H,4,5);1H3;/q-1;;;-1;+2. The minimum Gasteiger partial charge on any atom is -0.857 e. The second-order valence-electron chi connectivity index (χ2n) is 4.52. The summed E-state index contributed by atoms with van der Waals surface area (Å²) in [6, 6.07) is 0. The second kappa shape index (κ2) is 15.1. The number of carboxylic acid groups (broad SMARTS) is 2. The number of carboxylic acids is 2. The Morgan fingerprint density at radius 1 is 1.04 bits per heavy atom. The summed E-state index contributed by atoms with van der Waals surface area (Å²) in [5, 5.41) is 23.2. The van der Waals surface area contributed by atoms with E-state index in [9.17, 15) is 0 Å². The quantitative estimate of drug-likeness (QED) is 0.390. The Bertz CT molecular complexity index is 504. The molecule has 0 aromatic rings. The van der Waals surface area contributed by atoms with Gasteiger partial charge in [-0.25, -0.2) is 15.2 Å². The van der Waals surface area contributed by atoms with Crippen LogP contribution in [-0.2, 0) is 31.3 Å². The Kier molecular flexibility index (Phi) is 19.2. The van der Waals surface area contributed by atoms with Crippen LogP contribution >= 0.6 is 0 Å². The van der Waals surface area contributed by atoms with E-state index in [1.54, 1.807) is 0 Å². The van der Waals surface area contributed by atoms with Crippen LogP contribution in [0.15, 0.2) is 16.7 Å². The number of rotatable bonds is 0. The first-order chi connectivity index (χ1) is 9.99. The topological polar surface area (TPSA) is 97.7 Å². The SMILES string of the molecule is C#CC(=O)O.C#CC(=O)O.CC1=[C-]C(C)(C)C(C)=C1C.C[O-].[Ti+2]. The number of hydrogen-bond donors (Lipinski definition) is 2. The molecule has 2 N–H and O–H groups in total. The van der Waals surface area contributed by atoms with Crippen LogP contribution in [0.5, 0.6) is 0 Å². The summed E-state index contributed by atoms with van der Waals surface area (Å²) >= 11 is 0. The fraction of sp³-hybridized carbons (Fsp3) is 0.412. The number of allylic oxidation sites excluding steroid dienone is 4. The van der Waals surface area contributed by atoms with Crippen LogP contribution in [0.4, 0.5) is 0 Å². The van der Waals surface area contributed by atoms with Gasteiger partial charge in [0.15, 0.2) is 0 Å². The number of aliphatic carboxylic acids is 2. The molecule has 0 bridgehead atoms. The fourth-order valence-corrected chi connectivity index (χ4v) is 1.41. The molecule has 1 aliphatic carbocycles. The van der Waals surface area contributed by atoms with E-state index in [0.29, 0.717) is 0 Å². The minimum absolute atomic E-state index is 0. The Morgan fingerprint density at radius 2 is 1.30 bits per heavy atom. The van der Waals surface area contributed by atoms with Gasteiger partial charge >= 0.3 is 33.7 Å². The number of hydrogen-bond acceptors (Lipinski definition) is 3. The average Bonchev–Trinajstić information content (AvgIpc) is 2.64. The molecule has 0 radical (unpaired) electrons. The monoisotopic (exact) mass is 354 g/mol. The van der Waals surface area contributed by atoms with Crippen molar-refractivity contribution in [2.75, 3.05) is 7.11 Å². The van der Waals surface area contributed by atoms with Gasteiger partial charge in [-0.3, -0.25) is 6.08 Å². The van der Waals surface area contributed by atoms with Crippen molar-refractivity contribution >= 4 is 11.9 Å². The van der Waals surface area contributed by atoms with Crippen molar-refractivity contribution in [3.8, 4) is 24.7 Å². The van der Waals surface area contributed by atoms with Crippen molar-refractivity contribution in [3.05, 3.63) is 22.8 Å². The molecular weight excluding hydrogens is 332 g/mol. The Morgan fingerprint density at radius 3 is 1.35 bits per heavy atom. The molecule has 124 valence electrons. The van der Waals surface area contributed by atoms with Gasteiger partial charge in [0.25, 0.3) is 0 Å². The normalized spacial score (nSPS) is 12.8. The van der Waals surface area contributed by atoms with E-state index in [2.05, 4.69) is 53.5 Å². The van der Waals surface area contributed by atoms with Gasteiger partial charge in [-0.15, -0.1) is 19.8 Å². The van der Waals surface area contributed by atoms with Gasteiger partial charge in [-0.05, 0) is 0 Å². The third-order valence-corrected chi connectivity index (χ3v) is 2.81. The van der Waals surface area contributed by atoms with Gasteiger partial charge < -0.3 is 15.3 Å². The van der Waals surface area contributed by atoms with Crippen LogP contribution in [0.3, 0.4) is 0 Å². The molecule has 0 atom stereocenters. The predicted octanol–water partition coefficient (Wildman–Crippen LogP) is 1.49. The van der Waals surface area contributed by atoms with Crippen LogP contribution in [0.1, 0.15) is 34.6 Å². The first-order valence-electron chi connectivity index (χ1n) is 6.09. The fourth-order valence-electron chi connectivity index (χ4n) is 1.41. The summed E-state index contributed by atoms with van der Waals surface area (Å²) in [4.78, 5) is 18.3. The summed E-state index contributed by atoms with van der Waals surface area (Å²) in [5.74, 6) is 0.454. The van der Waals surface area contributed by atoms with Crippen molar-refractivity contribution in [2.24, 2.45) is 5.41 Å². The van der Waals surface area contributed by atoms with Crippen molar-refractivity contribution in [1.82, 2.24) is 0 Å². The summed E-state index contributed by atoms with van der Waals surface area (Å²) in [6.07, 6.45) is 12.1. The molecule has 0 amide bonds. The first kappa shape index (κ1) is 29.3. The molecule has 0 spiro atoms. The molecule has 1 rings (SSSR count). The zero-order valence-corrected chi connectivity index (χ0v) is 15.8. The molecule has 0 aromatic heterocycles. The molecule has 23 heavy (non-hydrogen) atoms. The molecule has 6 heteroatoms. The number of terminal acetylenes is 2. The van der Waals surface area contributed by atoms with E-state index in [4.69, 9.17) is 24.9 Å². The van der Waals surface area contributed by atoms with E-state index in [1.165, 1.54) is 28.6 Å². The van der Waals surface area contributed by atoms with E-state index in [-0.39, 0.29) is 27.1 Å². The minimum atomic E-state index is -1.22. The van der Waals surface area contributed by atoms with E-state index in [1.807, 2.05) is 0 Å². The van der Waals surface area contributed by atoms with Gasteiger partial charge in [-0.2, -0.15) is 18.3 Å². The molecule has 0 saturated carbocycles.